The molecular weight excluding hydrogens is 302 g/mol. The monoisotopic (exact) mass is 328 g/mol. The molecule has 0 amide bonds. The maximum absolute atomic E-state index is 12.4. The minimum Gasteiger partial charge on any atom is -0.305 e. The standard InChI is InChI=1S/C10H26N4O4P2/c1-8-11-19(15,13(3)4)18-9-10(2)12-20(16,17-7)14(5)6/h2,8-9H2,1,3-7H3,(H,11,15)(H,12,16). The maximum atomic E-state index is 12.4. The van der Waals surface area contributed by atoms with E-state index in [9.17, 15) is 9.13 Å². The minimum absolute atomic E-state index is 0.0519. The molecule has 0 aromatic carbocycles. The average Bonchev–Trinajstić information content (AvgIpc) is 2.36. The Labute approximate surface area is 121 Å². The van der Waals surface area contributed by atoms with Crippen LogP contribution in [0.3, 0.4) is 0 Å². The van der Waals surface area contributed by atoms with E-state index < -0.39 is 15.3 Å². The van der Waals surface area contributed by atoms with Gasteiger partial charge in [0.2, 0.25) is 0 Å². The molecular formula is C10H26N4O4P2. The van der Waals surface area contributed by atoms with Crippen LogP contribution in [0.5, 0.6) is 0 Å². The zero-order valence-corrected chi connectivity index (χ0v) is 14.8. The van der Waals surface area contributed by atoms with Crippen LogP contribution < -0.4 is 10.2 Å². The highest BCUT2D eigenvalue weighted by Gasteiger charge is 2.28. The van der Waals surface area contributed by atoms with Crippen molar-refractivity contribution in [1.82, 2.24) is 19.5 Å². The van der Waals surface area contributed by atoms with Crippen molar-refractivity contribution in [1.29, 1.82) is 0 Å². The lowest BCUT2D eigenvalue weighted by atomic mass is 10.6. The maximum Gasteiger partial charge on any atom is 0.367 e. The summed E-state index contributed by atoms with van der Waals surface area (Å²) in [4.78, 5) is 0. The van der Waals surface area contributed by atoms with E-state index in [1.807, 2.05) is 6.92 Å². The third-order valence-corrected chi connectivity index (χ3v) is 6.77. The normalized spacial score (nSPS) is 17.8. The molecule has 10 heteroatoms. The predicted octanol–water partition coefficient (Wildman–Crippen LogP) is 1.70. The number of hydrogen-bond acceptors (Lipinski definition) is 4. The van der Waals surface area contributed by atoms with Crippen molar-refractivity contribution in [2.75, 3.05) is 48.5 Å². The van der Waals surface area contributed by atoms with E-state index >= 15 is 0 Å². The molecule has 2 atom stereocenters. The summed E-state index contributed by atoms with van der Waals surface area (Å²) in [5, 5.41) is 5.46. The highest BCUT2D eigenvalue weighted by atomic mass is 31.2. The molecule has 2 unspecified atom stereocenters. The second-order valence-electron chi connectivity index (χ2n) is 4.42. The predicted molar refractivity (Wildman–Crippen MR) is 81.5 cm³/mol. The lowest BCUT2D eigenvalue weighted by Gasteiger charge is -2.27. The second-order valence-corrected chi connectivity index (χ2v) is 9.26. The van der Waals surface area contributed by atoms with E-state index in [0.29, 0.717) is 12.2 Å². The smallest absolute Gasteiger partial charge is 0.305 e. The zero-order chi connectivity index (χ0) is 16.0. The molecule has 0 saturated carbocycles. The van der Waals surface area contributed by atoms with Gasteiger partial charge in [-0.25, -0.2) is 19.0 Å². The summed E-state index contributed by atoms with van der Waals surface area (Å²) in [7, 11) is 1.61. The molecule has 0 rings (SSSR count). The number of hydrogen-bond donors (Lipinski definition) is 2. The van der Waals surface area contributed by atoms with E-state index in [-0.39, 0.29) is 6.61 Å². The van der Waals surface area contributed by atoms with Gasteiger partial charge in [-0.1, -0.05) is 13.5 Å². The average molecular weight is 328 g/mol. The van der Waals surface area contributed by atoms with Crippen LogP contribution in [0.15, 0.2) is 12.3 Å². The van der Waals surface area contributed by atoms with Gasteiger partial charge in [-0.3, -0.25) is 9.09 Å². The van der Waals surface area contributed by atoms with Gasteiger partial charge >= 0.3 is 15.3 Å². The fourth-order valence-electron chi connectivity index (χ4n) is 1.21. The summed E-state index contributed by atoms with van der Waals surface area (Å²) in [5.41, 5.74) is 0.323. The quantitative estimate of drug-likeness (QED) is 0.586. The Hall–Kier alpha value is -0.200. The molecule has 120 valence electrons. The molecule has 0 aliphatic rings. The van der Waals surface area contributed by atoms with Crippen LogP contribution >= 0.6 is 15.3 Å². The Morgan fingerprint density at radius 1 is 1.15 bits per heavy atom. The Kier molecular flexibility index (Phi) is 8.21. The van der Waals surface area contributed by atoms with Gasteiger partial charge in [-0.05, 0) is 28.2 Å². The fraction of sp³-hybridized carbons (Fsp3) is 0.800. The van der Waals surface area contributed by atoms with Gasteiger partial charge in [0.25, 0.3) is 0 Å². The van der Waals surface area contributed by atoms with Crippen molar-refractivity contribution in [3.8, 4) is 0 Å². The fourth-order valence-corrected chi connectivity index (χ4v) is 3.63. The molecule has 0 aromatic rings. The summed E-state index contributed by atoms with van der Waals surface area (Å²) in [6, 6.07) is 0. The lowest BCUT2D eigenvalue weighted by molar-refractivity contribution is 0.288. The zero-order valence-electron chi connectivity index (χ0n) is 13.0. The van der Waals surface area contributed by atoms with Crippen molar-refractivity contribution in [3.63, 3.8) is 0 Å². The van der Waals surface area contributed by atoms with E-state index in [0.717, 1.165) is 0 Å². The van der Waals surface area contributed by atoms with E-state index in [1.54, 1.807) is 28.2 Å². The van der Waals surface area contributed by atoms with Crippen LogP contribution in [0.1, 0.15) is 6.92 Å². The van der Waals surface area contributed by atoms with Crippen molar-refractivity contribution in [3.05, 3.63) is 12.3 Å². The molecule has 20 heavy (non-hydrogen) atoms. The first kappa shape index (κ1) is 19.8. The van der Waals surface area contributed by atoms with Gasteiger partial charge in [0.15, 0.2) is 0 Å². The summed E-state index contributed by atoms with van der Waals surface area (Å²) >= 11 is 0. The highest BCUT2D eigenvalue weighted by Crippen LogP contribution is 2.46. The molecule has 0 saturated heterocycles. The Balaban J connectivity index is 4.63. The van der Waals surface area contributed by atoms with Crippen LogP contribution in [-0.4, -0.2) is 57.8 Å². The van der Waals surface area contributed by atoms with E-state index in [2.05, 4.69) is 16.8 Å². The Bertz CT molecular complexity index is 414. The van der Waals surface area contributed by atoms with Crippen molar-refractivity contribution < 1.29 is 18.2 Å². The van der Waals surface area contributed by atoms with Gasteiger partial charge < -0.3 is 9.61 Å². The molecule has 0 spiro atoms. The number of nitrogens with zero attached hydrogens (tertiary/aromatic N) is 2. The topological polar surface area (TPSA) is 83.1 Å². The molecule has 0 aliphatic carbocycles. The van der Waals surface area contributed by atoms with Crippen LogP contribution in [0.2, 0.25) is 0 Å². The summed E-state index contributed by atoms with van der Waals surface area (Å²) in [6.45, 7) is 5.99. The van der Waals surface area contributed by atoms with Crippen molar-refractivity contribution in [2.24, 2.45) is 0 Å². The molecule has 8 nitrogen and oxygen atoms in total. The Morgan fingerprint density at radius 2 is 1.65 bits per heavy atom. The van der Waals surface area contributed by atoms with Crippen molar-refractivity contribution in [2.45, 2.75) is 6.92 Å². The third kappa shape index (κ3) is 5.66. The molecule has 0 fully saturated rings. The lowest BCUT2D eigenvalue weighted by Crippen LogP contribution is -2.27. The minimum atomic E-state index is -3.17. The van der Waals surface area contributed by atoms with Gasteiger partial charge in [0.05, 0.1) is 6.61 Å². The van der Waals surface area contributed by atoms with Gasteiger partial charge in [-0.2, -0.15) is 0 Å². The van der Waals surface area contributed by atoms with Crippen LogP contribution in [-0.2, 0) is 18.2 Å². The SMILES string of the molecule is C=C(COP(=O)(NCC)N(C)C)NP(=O)(OC)N(C)C. The van der Waals surface area contributed by atoms with E-state index in [4.69, 9.17) is 9.05 Å². The van der Waals surface area contributed by atoms with Gasteiger partial charge in [0, 0.05) is 19.4 Å². The first-order valence-corrected chi connectivity index (χ1v) is 9.24. The molecule has 0 aromatic heterocycles. The molecule has 0 aliphatic heterocycles. The first-order valence-electron chi connectivity index (χ1n) is 6.08. The molecule has 2 N–H and O–H groups in total. The highest BCUT2D eigenvalue weighted by molar-refractivity contribution is 7.54. The van der Waals surface area contributed by atoms with E-state index in [1.165, 1.54) is 16.5 Å². The Morgan fingerprint density at radius 3 is 2.00 bits per heavy atom. The van der Waals surface area contributed by atoms with Gasteiger partial charge in [-0.15, -0.1) is 0 Å². The molecule has 0 heterocycles. The third-order valence-electron chi connectivity index (χ3n) is 2.37. The summed E-state index contributed by atoms with van der Waals surface area (Å²) in [5.74, 6) is 0. The van der Waals surface area contributed by atoms with Crippen LogP contribution in [0, 0.1) is 0 Å². The van der Waals surface area contributed by atoms with Crippen molar-refractivity contribution >= 4 is 15.3 Å². The van der Waals surface area contributed by atoms with Crippen LogP contribution in [0.25, 0.3) is 0 Å². The molecule has 0 radical (unpaired) electrons. The summed E-state index contributed by atoms with van der Waals surface area (Å²) in [6.07, 6.45) is 0. The second kappa shape index (κ2) is 8.29. The van der Waals surface area contributed by atoms with Crippen LogP contribution in [0.4, 0.5) is 0 Å². The number of rotatable bonds is 10. The molecule has 0 bridgehead atoms. The van der Waals surface area contributed by atoms with Gasteiger partial charge in [0.1, 0.15) is 0 Å². The number of nitrogens with one attached hydrogen (secondary N) is 2. The summed E-state index contributed by atoms with van der Waals surface area (Å²) < 4.78 is 37.9. The first-order chi connectivity index (χ1) is 9.11. The largest absolute Gasteiger partial charge is 0.367 e.